The fourth-order valence-corrected chi connectivity index (χ4v) is 2.83. The quantitative estimate of drug-likeness (QED) is 0.688. The molecule has 5 nitrogen and oxygen atoms in total. The molecule has 3 rings (SSSR count). The molecule has 3 aromatic carbocycles. The second-order valence-corrected chi connectivity index (χ2v) is 6.27. The first-order chi connectivity index (χ1) is 13.0. The SMILES string of the molecule is COc1cc2ccccc2cc1C(=O)OCC(=O)Nc1cccc(C)c1C. The Hall–Kier alpha value is -3.34. The van der Waals surface area contributed by atoms with Gasteiger partial charge in [0, 0.05) is 5.69 Å². The third kappa shape index (κ3) is 4.08. The molecule has 5 heteroatoms. The summed E-state index contributed by atoms with van der Waals surface area (Å²) in [6.07, 6.45) is 0. The van der Waals surface area contributed by atoms with Gasteiger partial charge in [-0.1, -0.05) is 36.4 Å². The van der Waals surface area contributed by atoms with E-state index in [2.05, 4.69) is 5.32 Å². The van der Waals surface area contributed by atoms with Gasteiger partial charge < -0.3 is 14.8 Å². The molecule has 0 aromatic heterocycles. The lowest BCUT2D eigenvalue weighted by molar-refractivity contribution is -0.119. The molecule has 1 N–H and O–H groups in total. The van der Waals surface area contributed by atoms with Gasteiger partial charge >= 0.3 is 5.97 Å². The summed E-state index contributed by atoms with van der Waals surface area (Å²) in [5.74, 6) is -0.584. The highest BCUT2D eigenvalue weighted by atomic mass is 16.5. The molecule has 0 saturated carbocycles. The number of hydrogen-bond acceptors (Lipinski definition) is 4. The van der Waals surface area contributed by atoms with Crippen molar-refractivity contribution in [2.75, 3.05) is 19.0 Å². The molecule has 0 aliphatic heterocycles. The number of esters is 1. The zero-order chi connectivity index (χ0) is 19.4. The molecule has 0 aliphatic rings. The summed E-state index contributed by atoms with van der Waals surface area (Å²) < 4.78 is 10.5. The summed E-state index contributed by atoms with van der Waals surface area (Å²) in [5.41, 5.74) is 3.05. The van der Waals surface area contributed by atoms with Crippen molar-refractivity contribution in [1.82, 2.24) is 0 Å². The molecule has 0 aliphatic carbocycles. The average molecular weight is 363 g/mol. The van der Waals surface area contributed by atoms with Gasteiger partial charge in [-0.2, -0.15) is 0 Å². The highest BCUT2D eigenvalue weighted by Gasteiger charge is 2.17. The number of ether oxygens (including phenoxy) is 2. The summed E-state index contributed by atoms with van der Waals surface area (Å²) in [7, 11) is 1.49. The van der Waals surface area contributed by atoms with Gasteiger partial charge in [0.25, 0.3) is 5.91 Å². The lowest BCUT2D eigenvalue weighted by atomic mass is 10.1. The Morgan fingerprint density at radius 3 is 2.37 bits per heavy atom. The molecular formula is C22H21NO4. The van der Waals surface area contributed by atoms with Crippen LogP contribution in [0.3, 0.4) is 0 Å². The highest BCUT2D eigenvalue weighted by molar-refractivity contribution is 6.00. The molecule has 0 bridgehead atoms. The van der Waals surface area contributed by atoms with Crippen LogP contribution in [0.4, 0.5) is 5.69 Å². The van der Waals surface area contributed by atoms with Crippen LogP contribution in [-0.4, -0.2) is 25.6 Å². The van der Waals surface area contributed by atoms with Crippen LogP contribution in [0, 0.1) is 13.8 Å². The maximum atomic E-state index is 12.5. The summed E-state index contributed by atoms with van der Waals surface area (Å²) in [6, 6.07) is 16.8. The third-order valence-electron chi connectivity index (χ3n) is 4.50. The molecule has 0 radical (unpaired) electrons. The minimum atomic E-state index is -0.603. The number of methoxy groups -OCH3 is 1. The molecule has 1 amide bonds. The number of fused-ring (bicyclic) bond motifs is 1. The first-order valence-corrected chi connectivity index (χ1v) is 8.59. The van der Waals surface area contributed by atoms with E-state index < -0.39 is 11.9 Å². The van der Waals surface area contributed by atoms with Crippen molar-refractivity contribution >= 4 is 28.3 Å². The van der Waals surface area contributed by atoms with Crippen LogP contribution in [0.2, 0.25) is 0 Å². The highest BCUT2D eigenvalue weighted by Crippen LogP contribution is 2.26. The zero-order valence-electron chi connectivity index (χ0n) is 15.5. The van der Waals surface area contributed by atoms with E-state index in [-0.39, 0.29) is 12.2 Å². The summed E-state index contributed by atoms with van der Waals surface area (Å²) in [5, 5.41) is 4.62. The van der Waals surface area contributed by atoms with E-state index in [9.17, 15) is 9.59 Å². The molecule has 0 spiro atoms. The Bertz CT molecular complexity index is 1010. The fraction of sp³-hybridized carbons (Fsp3) is 0.182. The Labute approximate surface area is 157 Å². The Morgan fingerprint density at radius 1 is 0.963 bits per heavy atom. The van der Waals surface area contributed by atoms with Crippen LogP contribution >= 0.6 is 0 Å². The van der Waals surface area contributed by atoms with Crippen molar-refractivity contribution < 1.29 is 19.1 Å². The smallest absolute Gasteiger partial charge is 0.342 e. The molecule has 3 aromatic rings. The standard InChI is InChI=1S/C22H21NO4/c1-14-7-6-10-19(15(14)2)23-21(24)13-27-22(25)18-11-16-8-4-5-9-17(16)12-20(18)26-3/h4-12H,13H2,1-3H3,(H,23,24). The number of carbonyl (C=O) groups is 2. The van der Waals surface area contributed by atoms with Gasteiger partial charge in [-0.3, -0.25) is 4.79 Å². The van der Waals surface area contributed by atoms with Crippen LogP contribution < -0.4 is 10.1 Å². The lowest BCUT2D eigenvalue weighted by Gasteiger charge is -2.12. The minimum Gasteiger partial charge on any atom is -0.496 e. The predicted molar refractivity (Wildman–Crippen MR) is 105 cm³/mol. The van der Waals surface area contributed by atoms with Gasteiger partial charge in [0.2, 0.25) is 0 Å². The van der Waals surface area contributed by atoms with E-state index in [1.165, 1.54) is 7.11 Å². The minimum absolute atomic E-state index is 0.288. The van der Waals surface area contributed by atoms with Crippen molar-refractivity contribution in [1.29, 1.82) is 0 Å². The van der Waals surface area contributed by atoms with Crippen molar-refractivity contribution in [3.8, 4) is 5.75 Å². The number of rotatable bonds is 5. The summed E-state index contributed by atoms with van der Waals surface area (Å²) >= 11 is 0. The van der Waals surface area contributed by atoms with Crippen LogP contribution in [0.5, 0.6) is 5.75 Å². The molecular weight excluding hydrogens is 342 g/mol. The van der Waals surface area contributed by atoms with Crippen molar-refractivity contribution in [3.63, 3.8) is 0 Å². The van der Waals surface area contributed by atoms with E-state index in [4.69, 9.17) is 9.47 Å². The number of anilines is 1. The number of hydrogen-bond donors (Lipinski definition) is 1. The van der Waals surface area contributed by atoms with Crippen LogP contribution in [-0.2, 0) is 9.53 Å². The van der Waals surface area contributed by atoms with Gasteiger partial charge in [0.05, 0.1) is 7.11 Å². The number of nitrogens with one attached hydrogen (secondary N) is 1. The normalized spacial score (nSPS) is 10.5. The van der Waals surface area contributed by atoms with Gasteiger partial charge in [-0.25, -0.2) is 4.79 Å². The Balaban J connectivity index is 1.71. The number of aryl methyl sites for hydroxylation is 1. The molecule has 0 fully saturated rings. The maximum Gasteiger partial charge on any atom is 0.342 e. The Morgan fingerprint density at radius 2 is 1.67 bits per heavy atom. The number of benzene rings is 3. The second-order valence-electron chi connectivity index (χ2n) is 6.27. The Kier molecular flexibility index (Phi) is 5.41. The first-order valence-electron chi connectivity index (χ1n) is 8.59. The lowest BCUT2D eigenvalue weighted by Crippen LogP contribution is -2.21. The van der Waals surface area contributed by atoms with E-state index >= 15 is 0 Å². The summed E-state index contributed by atoms with van der Waals surface area (Å²) in [4.78, 5) is 24.6. The van der Waals surface area contributed by atoms with Gasteiger partial charge in [-0.05, 0) is 53.9 Å². The van der Waals surface area contributed by atoms with Crippen molar-refractivity contribution in [3.05, 3.63) is 71.3 Å². The van der Waals surface area contributed by atoms with E-state index in [0.29, 0.717) is 11.4 Å². The predicted octanol–water partition coefficient (Wildman–Crippen LogP) is 4.26. The third-order valence-corrected chi connectivity index (χ3v) is 4.50. The first kappa shape index (κ1) is 18.5. The van der Waals surface area contributed by atoms with Crippen LogP contribution in [0.15, 0.2) is 54.6 Å². The van der Waals surface area contributed by atoms with E-state index in [0.717, 1.165) is 21.9 Å². The van der Waals surface area contributed by atoms with Crippen LogP contribution in [0.25, 0.3) is 10.8 Å². The number of carbonyl (C=O) groups excluding carboxylic acids is 2. The van der Waals surface area contributed by atoms with E-state index in [1.807, 2.05) is 56.3 Å². The zero-order valence-corrected chi connectivity index (χ0v) is 15.5. The fourth-order valence-electron chi connectivity index (χ4n) is 2.83. The monoisotopic (exact) mass is 363 g/mol. The second kappa shape index (κ2) is 7.91. The van der Waals surface area contributed by atoms with Gasteiger partial charge in [0.1, 0.15) is 11.3 Å². The molecule has 0 heterocycles. The van der Waals surface area contributed by atoms with Gasteiger partial charge in [0.15, 0.2) is 6.61 Å². The topological polar surface area (TPSA) is 64.6 Å². The molecule has 0 unspecified atom stereocenters. The molecule has 27 heavy (non-hydrogen) atoms. The number of amides is 1. The summed E-state index contributed by atoms with van der Waals surface area (Å²) in [6.45, 7) is 3.52. The van der Waals surface area contributed by atoms with E-state index in [1.54, 1.807) is 12.1 Å². The molecule has 138 valence electrons. The van der Waals surface area contributed by atoms with Crippen molar-refractivity contribution in [2.24, 2.45) is 0 Å². The van der Waals surface area contributed by atoms with Gasteiger partial charge in [-0.15, -0.1) is 0 Å². The van der Waals surface area contributed by atoms with Crippen LogP contribution in [0.1, 0.15) is 21.5 Å². The largest absolute Gasteiger partial charge is 0.496 e. The molecule has 0 saturated heterocycles. The average Bonchev–Trinajstić information content (AvgIpc) is 2.68. The maximum absolute atomic E-state index is 12.5. The van der Waals surface area contributed by atoms with Crippen molar-refractivity contribution in [2.45, 2.75) is 13.8 Å². The molecule has 0 atom stereocenters.